The predicted octanol–water partition coefficient (Wildman–Crippen LogP) is 0.608. The third-order valence-electron chi connectivity index (χ3n) is 2.15. The molecular weight excluding hydrogens is 262 g/mol. The van der Waals surface area contributed by atoms with Crippen LogP contribution in [0, 0.1) is 0 Å². The lowest BCUT2D eigenvalue weighted by Crippen LogP contribution is -2.34. The van der Waals surface area contributed by atoms with Crippen LogP contribution in [0.25, 0.3) is 0 Å². The van der Waals surface area contributed by atoms with Gasteiger partial charge in [0.25, 0.3) is 5.91 Å². The summed E-state index contributed by atoms with van der Waals surface area (Å²) in [6, 6.07) is 3.90. The lowest BCUT2D eigenvalue weighted by Gasteiger charge is -2.10. The molecule has 0 spiro atoms. The zero-order chi connectivity index (χ0) is 13.7. The van der Waals surface area contributed by atoms with E-state index in [0.717, 1.165) is 0 Å². The Labute approximate surface area is 108 Å². The first kappa shape index (κ1) is 14.1. The zero-order valence-corrected chi connectivity index (χ0v) is 10.3. The highest BCUT2D eigenvalue weighted by molar-refractivity contribution is 6.30. The van der Waals surface area contributed by atoms with Gasteiger partial charge in [0.05, 0.1) is 7.11 Å². The number of carbonyl (C=O) groups excluding carboxylic acids is 2. The molecule has 0 heterocycles. The number of rotatable bonds is 4. The van der Waals surface area contributed by atoms with Crippen molar-refractivity contribution in [2.24, 2.45) is 0 Å². The molecule has 0 radical (unpaired) electrons. The number of ether oxygens (including phenoxy) is 1. The van der Waals surface area contributed by atoms with E-state index in [9.17, 15) is 19.8 Å². The molecule has 98 valence electrons. The smallest absolute Gasteiger partial charge is 0.325 e. The van der Waals surface area contributed by atoms with Gasteiger partial charge in [-0.05, 0) is 12.1 Å². The van der Waals surface area contributed by atoms with E-state index in [1.54, 1.807) is 0 Å². The Morgan fingerprint density at radius 2 is 1.94 bits per heavy atom. The number of hydrogen-bond acceptors (Lipinski definition) is 5. The minimum Gasteiger partial charge on any atom is -0.507 e. The van der Waals surface area contributed by atoms with Gasteiger partial charge in [0.15, 0.2) is 0 Å². The van der Waals surface area contributed by atoms with Crippen molar-refractivity contribution in [1.82, 2.24) is 5.32 Å². The second-order valence-electron chi connectivity index (χ2n) is 3.37. The van der Waals surface area contributed by atoms with E-state index in [2.05, 4.69) is 10.1 Å². The van der Waals surface area contributed by atoms with E-state index in [4.69, 9.17) is 11.6 Å². The van der Waals surface area contributed by atoms with Crippen molar-refractivity contribution in [1.29, 1.82) is 0 Å². The molecule has 7 heteroatoms. The summed E-state index contributed by atoms with van der Waals surface area (Å²) in [6.45, 7) is -0.180. The van der Waals surface area contributed by atoms with Gasteiger partial charge in [-0.15, -0.1) is 11.6 Å². The summed E-state index contributed by atoms with van der Waals surface area (Å²) in [5.74, 6) is -2.15. The number of hydrogen-bond donors (Lipinski definition) is 3. The summed E-state index contributed by atoms with van der Waals surface area (Å²) >= 11 is 5.63. The number of amides is 1. The highest BCUT2D eigenvalue weighted by Gasteiger charge is 2.20. The molecule has 0 bridgehead atoms. The zero-order valence-electron chi connectivity index (χ0n) is 9.51. The second kappa shape index (κ2) is 6.11. The maximum Gasteiger partial charge on any atom is 0.325 e. The Balaban J connectivity index is 2.69. The van der Waals surface area contributed by atoms with Crippen LogP contribution < -0.4 is 5.32 Å². The first-order valence-corrected chi connectivity index (χ1v) is 5.42. The average Bonchev–Trinajstić information content (AvgIpc) is 2.34. The van der Waals surface area contributed by atoms with E-state index in [1.165, 1.54) is 25.3 Å². The molecule has 1 aromatic rings. The van der Waals surface area contributed by atoms with Crippen molar-refractivity contribution >= 4 is 23.5 Å². The molecule has 0 aliphatic heterocycles. The molecule has 18 heavy (non-hydrogen) atoms. The van der Waals surface area contributed by atoms with Gasteiger partial charge in [0, 0.05) is 6.54 Å². The Morgan fingerprint density at radius 3 is 2.44 bits per heavy atom. The number of methoxy groups -OCH3 is 1. The maximum atomic E-state index is 11.7. The van der Waals surface area contributed by atoms with E-state index < -0.39 is 17.3 Å². The van der Waals surface area contributed by atoms with Gasteiger partial charge in [-0.25, -0.2) is 0 Å². The number of nitrogens with one attached hydrogen (secondary N) is 1. The molecule has 1 rings (SSSR count). The van der Waals surface area contributed by atoms with Gasteiger partial charge < -0.3 is 20.3 Å². The van der Waals surface area contributed by atoms with Crippen LogP contribution in [0.1, 0.15) is 10.4 Å². The number of benzene rings is 1. The number of phenolic OH excluding ortho intramolecular Hbond substituents is 2. The van der Waals surface area contributed by atoms with Gasteiger partial charge in [-0.1, -0.05) is 6.07 Å². The Hall–Kier alpha value is -1.95. The molecule has 0 fully saturated rings. The lowest BCUT2D eigenvalue weighted by atomic mass is 10.1. The summed E-state index contributed by atoms with van der Waals surface area (Å²) in [6.07, 6.45) is 0. The largest absolute Gasteiger partial charge is 0.507 e. The first-order chi connectivity index (χ1) is 8.47. The molecular formula is C11H12ClNO5. The maximum absolute atomic E-state index is 11.7. The minimum absolute atomic E-state index is 0.180. The molecule has 1 unspecified atom stereocenters. The van der Waals surface area contributed by atoms with Crippen molar-refractivity contribution in [2.45, 2.75) is 5.38 Å². The number of phenols is 2. The summed E-state index contributed by atoms with van der Waals surface area (Å²) in [7, 11) is 1.17. The summed E-state index contributed by atoms with van der Waals surface area (Å²) < 4.78 is 4.38. The van der Waals surface area contributed by atoms with Crippen LogP contribution in [0.3, 0.4) is 0 Å². The van der Waals surface area contributed by atoms with E-state index in [-0.39, 0.29) is 23.6 Å². The second-order valence-corrected chi connectivity index (χ2v) is 3.90. The fourth-order valence-electron chi connectivity index (χ4n) is 1.24. The van der Waals surface area contributed by atoms with Crippen LogP contribution in [0.4, 0.5) is 0 Å². The highest BCUT2D eigenvalue weighted by Crippen LogP contribution is 2.25. The minimum atomic E-state index is -1.04. The molecule has 0 aliphatic carbocycles. The van der Waals surface area contributed by atoms with Gasteiger partial charge >= 0.3 is 5.97 Å². The van der Waals surface area contributed by atoms with E-state index >= 15 is 0 Å². The van der Waals surface area contributed by atoms with Crippen LogP contribution in [-0.2, 0) is 9.53 Å². The quantitative estimate of drug-likeness (QED) is 0.552. The van der Waals surface area contributed by atoms with Crippen molar-refractivity contribution < 1.29 is 24.5 Å². The summed E-state index contributed by atoms with van der Waals surface area (Å²) in [5, 5.41) is 20.1. The number of carbonyl (C=O) groups is 2. The molecule has 0 saturated carbocycles. The average molecular weight is 274 g/mol. The molecule has 3 N–H and O–H groups in total. The molecule has 1 aromatic carbocycles. The van der Waals surface area contributed by atoms with Crippen LogP contribution >= 0.6 is 11.6 Å². The Morgan fingerprint density at radius 1 is 1.39 bits per heavy atom. The normalized spacial score (nSPS) is 11.7. The third-order valence-corrected chi connectivity index (χ3v) is 2.48. The van der Waals surface area contributed by atoms with Crippen LogP contribution in [-0.4, -0.2) is 41.1 Å². The standard InChI is InChI=1S/C11H12ClNO5/c1-18-11(17)6(12)5-13-10(16)9-7(14)3-2-4-8(9)15/h2-4,6,14-15H,5H2,1H3,(H,13,16). The third kappa shape index (κ3) is 3.27. The topological polar surface area (TPSA) is 95.9 Å². The van der Waals surface area contributed by atoms with Gasteiger partial charge in [0.1, 0.15) is 22.4 Å². The van der Waals surface area contributed by atoms with Crippen molar-refractivity contribution in [3.63, 3.8) is 0 Å². The first-order valence-electron chi connectivity index (χ1n) is 4.98. The van der Waals surface area contributed by atoms with Crippen molar-refractivity contribution in [2.75, 3.05) is 13.7 Å². The van der Waals surface area contributed by atoms with Crippen molar-refractivity contribution in [3.8, 4) is 11.5 Å². The Bertz CT molecular complexity index is 442. The molecule has 6 nitrogen and oxygen atoms in total. The van der Waals surface area contributed by atoms with Crippen LogP contribution in [0.15, 0.2) is 18.2 Å². The van der Waals surface area contributed by atoms with Crippen molar-refractivity contribution in [3.05, 3.63) is 23.8 Å². The highest BCUT2D eigenvalue weighted by atomic mass is 35.5. The number of aromatic hydroxyl groups is 2. The van der Waals surface area contributed by atoms with Gasteiger partial charge in [-0.2, -0.15) is 0 Å². The van der Waals surface area contributed by atoms with Gasteiger partial charge in [0.2, 0.25) is 0 Å². The molecule has 0 aliphatic rings. The van der Waals surface area contributed by atoms with Gasteiger partial charge in [-0.3, -0.25) is 9.59 Å². The van der Waals surface area contributed by atoms with Crippen LogP contribution in [0.2, 0.25) is 0 Å². The number of alkyl halides is 1. The monoisotopic (exact) mass is 273 g/mol. The summed E-state index contributed by atoms with van der Waals surface area (Å²) in [4.78, 5) is 22.7. The summed E-state index contributed by atoms with van der Waals surface area (Å²) in [5.41, 5.74) is -0.272. The lowest BCUT2D eigenvalue weighted by molar-refractivity contribution is -0.140. The van der Waals surface area contributed by atoms with E-state index in [0.29, 0.717) is 0 Å². The van der Waals surface area contributed by atoms with E-state index in [1.807, 2.05) is 0 Å². The fraction of sp³-hybridized carbons (Fsp3) is 0.273. The SMILES string of the molecule is COC(=O)C(Cl)CNC(=O)c1c(O)cccc1O. The number of esters is 1. The molecule has 1 amide bonds. The molecule has 1 atom stereocenters. The molecule has 0 saturated heterocycles. The van der Waals surface area contributed by atoms with Crippen LogP contribution in [0.5, 0.6) is 11.5 Å². The number of halogens is 1. The Kier molecular flexibility index (Phi) is 4.79. The fourth-order valence-corrected chi connectivity index (χ4v) is 1.41. The predicted molar refractivity (Wildman–Crippen MR) is 63.8 cm³/mol. The molecule has 0 aromatic heterocycles.